The number of benzene rings is 1. The third kappa shape index (κ3) is 2.02. The van der Waals surface area contributed by atoms with Crippen molar-refractivity contribution in [3.8, 4) is 11.8 Å². The summed E-state index contributed by atoms with van der Waals surface area (Å²) in [5.74, 6) is -0.600. The average Bonchev–Trinajstić information content (AvgIpc) is 2.39. The van der Waals surface area contributed by atoms with Crippen LogP contribution >= 0.6 is 0 Å². The largest absolute Gasteiger partial charge is 0.369 e. The van der Waals surface area contributed by atoms with Gasteiger partial charge in [0.15, 0.2) is 5.49 Å². The van der Waals surface area contributed by atoms with Crippen molar-refractivity contribution in [1.82, 2.24) is 9.13 Å². The van der Waals surface area contributed by atoms with Crippen LogP contribution in [-0.2, 0) is 0 Å². The molecule has 2 rings (SSSR count). The van der Waals surface area contributed by atoms with Gasteiger partial charge in [0.1, 0.15) is 11.6 Å². The van der Waals surface area contributed by atoms with Gasteiger partial charge in [0.25, 0.3) is 0 Å². The fourth-order valence-corrected chi connectivity index (χ4v) is 1.65. The lowest BCUT2D eigenvalue weighted by molar-refractivity contribution is 0.789. The zero-order chi connectivity index (χ0) is 14.0. The summed E-state index contributed by atoms with van der Waals surface area (Å²) < 4.78 is 1.85. The van der Waals surface area contributed by atoms with E-state index in [1.807, 2.05) is 6.07 Å². The summed E-state index contributed by atoms with van der Waals surface area (Å²) in [6, 6.07) is 10.4. The van der Waals surface area contributed by atoms with Crippen molar-refractivity contribution in [2.24, 2.45) is 5.73 Å². The Morgan fingerprint density at radius 1 is 1.32 bits per heavy atom. The maximum atomic E-state index is 12.2. The van der Waals surface area contributed by atoms with E-state index >= 15 is 0 Å². The summed E-state index contributed by atoms with van der Waals surface area (Å²) in [6.07, 6.45) is 1.26. The predicted molar refractivity (Wildman–Crippen MR) is 67.9 cm³/mol. The molecule has 1 aromatic carbocycles. The second-order valence-corrected chi connectivity index (χ2v) is 3.71. The van der Waals surface area contributed by atoms with E-state index in [1.54, 1.807) is 30.3 Å². The SMILES string of the molecule is N#Cc1cn(-c2ccccc2)c(=O)n(C(=N)N)c1=N. The zero-order valence-corrected chi connectivity index (χ0v) is 9.79. The van der Waals surface area contributed by atoms with E-state index in [-0.39, 0.29) is 5.56 Å². The topological polar surface area (TPSA) is 124 Å². The normalized spacial score (nSPS) is 9.84. The summed E-state index contributed by atoms with van der Waals surface area (Å²) >= 11 is 0. The second-order valence-electron chi connectivity index (χ2n) is 3.71. The van der Waals surface area contributed by atoms with Gasteiger partial charge in [0, 0.05) is 6.20 Å². The number of hydrogen-bond donors (Lipinski definition) is 3. The molecule has 1 heterocycles. The smallest absolute Gasteiger partial charge is 0.341 e. The lowest BCUT2D eigenvalue weighted by Crippen LogP contribution is -2.46. The molecule has 0 aliphatic carbocycles. The Morgan fingerprint density at radius 3 is 2.47 bits per heavy atom. The van der Waals surface area contributed by atoms with Crippen molar-refractivity contribution >= 4 is 5.96 Å². The van der Waals surface area contributed by atoms with E-state index in [9.17, 15) is 4.79 Å². The molecule has 0 radical (unpaired) electrons. The quantitative estimate of drug-likeness (QED) is 0.479. The minimum absolute atomic E-state index is 0.0429. The molecule has 0 unspecified atom stereocenters. The maximum absolute atomic E-state index is 12.2. The van der Waals surface area contributed by atoms with E-state index < -0.39 is 17.1 Å². The van der Waals surface area contributed by atoms with Crippen LogP contribution in [0.15, 0.2) is 41.3 Å². The summed E-state index contributed by atoms with van der Waals surface area (Å²) in [5, 5.41) is 24.0. The van der Waals surface area contributed by atoms with Crippen LogP contribution in [0.2, 0.25) is 0 Å². The summed E-state index contributed by atoms with van der Waals surface area (Å²) in [4.78, 5) is 12.2. The highest BCUT2D eigenvalue weighted by molar-refractivity contribution is 5.76. The van der Waals surface area contributed by atoms with Gasteiger partial charge in [-0.15, -0.1) is 0 Å². The molecule has 7 nitrogen and oxygen atoms in total. The molecule has 94 valence electrons. The highest BCUT2D eigenvalue weighted by Gasteiger charge is 2.11. The van der Waals surface area contributed by atoms with Crippen molar-refractivity contribution in [3.05, 3.63) is 58.1 Å². The van der Waals surface area contributed by atoms with Gasteiger partial charge in [-0.25, -0.2) is 9.36 Å². The number of aromatic nitrogens is 2. The molecule has 1 aromatic heterocycles. The Labute approximate surface area is 107 Å². The number of nitrogens with zero attached hydrogens (tertiary/aromatic N) is 3. The van der Waals surface area contributed by atoms with E-state index in [0.717, 1.165) is 0 Å². The lowest BCUT2D eigenvalue weighted by atomic mass is 10.3. The summed E-state index contributed by atoms with van der Waals surface area (Å²) in [5.41, 5.74) is 4.71. The van der Waals surface area contributed by atoms with Crippen LogP contribution in [0, 0.1) is 22.1 Å². The molecule has 7 heteroatoms. The van der Waals surface area contributed by atoms with Gasteiger partial charge in [-0.05, 0) is 12.1 Å². The molecule has 0 bridgehead atoms. The number of nitriles is 1. The van der Waals surface area contributed by atoms with Crippen molar-refractivity contribution in [3.63, 3.8) is 0 Å². The molecule has 0 atom stereocenters. The van der Waals surface area contributed by atoms with Crippen LogP contribution in [0.1, 0.15) is 5.56 Å². The summed E-state index contributed by atoms with van der Waals surface area (Å²) in [6.45, 7) is 0. The second kappa shape index (κ2) is 4.62. The van der Waals surface area contributed by atoms with Gasteiger partial charge in [-0.1, -0.05) is 18.2 Å². The number of nitrogens with one attached hydrogen (secondary N) is 2. The third-order valence-corrected chi connectivity index (χ3v) is 2.53. The number of nitrogen functional groups attached to an aromatic ring is 1. The molecule has 0 fully saturated rings. The van der Waals surface area contributed by atoms with Crippen LogP contribution in [-0.4, -0.2) is 15.1 Å². The van der Waals surface area contributed by atoms with E-state index in [2.05, 4.69) is 0 Å². The highest BCUT2D eigenvalue weighted by Crippen LogP contribution is 2.03. The number of nitrogens with two attached hydrogens (primary N) is 1. The first-order valence-electron chi connectivity index (χ1n) is 5.29. The van der Waals surface area contributed by atoms with Crippen molar-refractivity contribution in [1.29, 1.82) is 16.1 Å². The fraction of sp³-hybridized carbons (Fsp3) is 0. The molecule has 19 heavy (non-hydrogen) atoms. The van der Waals surface area contributed by atoms with Crippen LogP contribution in [0.4, 0.5) is 0 Å². The Hall–Kier alpha value is -3.14. The van der Waals surface area contributed by atoms with Gasteiger partial charge in [0.2, 0.25) is 5.96 Å². The first-order valence-corrected chi connectivity index (χ1v) is 5.29. The summed E-state index contributed by atoms with van der Waals surface area (Å²) in [7, 11) is 0. The van der Waals surface area contributed by atoms with Gasteiger partial charge >= 0.3 is 5.69 Å². The van der Waals surface area contributed by atoms with Gasteiger partial charge in [0.05, 0.1) is 5.69 Å². The van der Waals surface area contributed by atoms with Crippen LogP contribution in [0.25, 0.3) is 5.69 Å². The molecule has 4 N–H and O–H groups in total. The van der Waals surface area contributed by atoms with Crippen LogP contribution in [0.3, 0.4) is 0 Å². The van der Waals surface area contributed by atoms with Crippen LogP contribution in [0.5, 0.6) is 0 Å². The number of para-hydroxylation sites is 1. The van der Waals surface area contributed by atoms with Gasteiger partial charge in [-0.2, -0.15) is 5.26 Å². The van der Waals surface area contributed by atoms with E-state index in [1.165, 1.54) is 10.8 Å². The Balaban J connectivity index is 2.89. The standard InChI is InChI=1S/C12H10N6O/c13-6-8-7-17(9-4-2-1-3-5-9)12(19)18(10(8)14)11(15)16/h1-5,7,14H,(H3,15,16). The predicted octanol–water partition coefficient (Wildman–Crippen LogP) is -0.268. The Bertz CT molecular complexity index is 794. The van der Waals surface area contributed by atoms with Crippen molar-refractivity contribution in [2.45, 2.75) is 0 Å². The minimum atomic E-state index is -0.664. The van der Waals surface area contributed by atoms with E-state index in [4.69, 9.17) is 21.8 Å². The van der Waals surface area contributed by atoms with Crippen molar-refractivity contribution < 1.29 is 0 Å². The third-order valence-electron chi connectivity index (χ3n) is 2.53. The molecular formula is C12H10N6O. The zero-order valence-electron chi connectivity index (χ0n) is 9.79. The van der Waals surface area contributed by atoms with Crippen molar-refractivity contribution in [2.75, 3.05) is 0 Å². The first kappa shape index (κ1) is 12.3. The van der Waals surface area contributed by atoms with Crippen LogP contribution < -0.4 is 16.9 Å². The van der Waals surface area contributed by atoms with E-state index in [0.29, 0.717) is 10.3 Å². The maximum Gasteiger partial charge on any atom is 0.341 e. The molecule has 0 saturated carbocycles. The monoisotopic (exact) mass is 254 g/mol. The fourth-order valence-electron chi connectivity index (χ4n) is 1.65. The van der Waals surface area contributed by atoms with Gasteiger partial charge in [-0.3, -0.25) is 15.4 Å². The molecule has 0 spiro atoms. The average molecular weight is 254 g/mol. The Kier molecular flexibility index (Phi) is 3.00. The number of rotatable bonds is 1. The molecule has 0 aliphatic rings. The molecule has 2 aromatic rings. The van der Waals surface area contributed by atoms with Gasteiger partial charge < -0.3 is 5.73 Å². The number of hydrogen-bond acceptors (Lipinski definition) is 4. The molecule has 0 amide bonds. The molecule has 0 aliphatic heterocycles. The highest BCUT2D eigenvalue weighted by atomic mass is 16.1. The lowest BCUT2D eigenvalue weighted by Gasteiger charge is -2.10. The Morgan fingerprint density at radius 2 is 1.95 bits per heavy atom. The minimum Gasteiger partial charge on any atom is -0.369 e. The molecule has 0 saturated heterocycles. The first-order chi connectivity index (χ1) is 9.06. The molecular weight excluding hydrogens is 244 g/mol.